The lowest BCUT2D eigenvalue weighted by molar-refractivity contribution is -0.131. The number of rotatable bonds is 5. The molecule has 1 heterocycles. The number of carbonyl (C=O) groups is 1. The number of oxime groups is 1. The molecule has 1 amide bonds. The Kier molecular flexibility index (Phi) is 6.30. The molecule has 8 heteroatoms. The van der Waals surface area contributed by atoms with Crippen molar-refractivity contribution in [1.82, 2.24) is 5.32 Å². The van der Waals surface area contributed by atoms with Crippen LogP contribution in [0, 0.1) is 0 Å². The monoisotopic (exact) mass is 430 g/mol. The van der Waals surface area contributed by atoms with Crippen LogP contribution in [0.4, 0.5) is 0 Å². The fourth-order valence-electron chi connectivity index (χ4n) is 2.56. The van der Waals surface area contributed by atoms with Crippen LogP contribution in [-0.2, 0) is 16.1 Å². The zero-order chi connectivity index (χ0) is 18.7. The van der Waals surface area contributed by atoms with Gasteiger partial charge in [0.05, 0.1) is 10.7 Å². The van der Waals surface area contributed by atoms with E-state index in [9.17, 15) is 4.79 Å². The standard InChI is InChI=1S/C18H14Cl4N2O2/c19-11-2-1-10(14(21)7-11)5-6-23-18(25)17-9-16(24-26-17)13-4-3-12(20)8-15(13)22/h1-4,7-8,17H,5-6,9H2,(H,23,25). The van der Waals surface area contributed by atoms with Crippen LogP contribution in [0.5, 0.6) is 0 Å². The summed E-state index contributed by atoms with van der Waals surface area (Å²) in [5, 5.41) is 8.97. The van der Waals surface area contributed by atoms with Gasteiger partial charge in [-0.2, -0.15) is 0 Å². The first kappa shape index (κ1) is 19.3. The number of nitrogens with zero attached hydrogens (tertiary/aromatic N) is 1. The number of benzene rings is 2. The fraction of sp³-hybridized carbons (Fsp3) is 0.222. The minimum absolute atomic E-state index is 0.237. The molecule has 0 bridgehead atoms. The van der Waals surface area contributed by atoms with Gasteiger partial charge in [-0.05, 0) is 36.2 Å². The van der Waals surface area contributed by atoms with Crippen molar-refractivity contribution in [2.75, 3.05) is 6.54 Å². The van der Waals surface area contributed by atoms with Crippen molar-refractivity contribution < 1.29 is 9.63 Å². The van der Waals surface area contributed by atoms with Gasteiger partial charge in [-0.1, -0.05) is 63.7 Å². The molecule has 3 rings (SSSR count). The van der Waals surface area contributed by atoms with Crippen molar-refractivity contribution in [2.24, 2.45) is 5.16 Å². The van der Waals surface area contributed by atoms with Crippen LogP contribution in [0.3, 0.4) is 0 Å². The minimum Gasteiger partial charge on any atom is -0.382 e. The number of hydrogen-bond acceptors (Lipinski definition) is 3. The topological polar surface area (TPSA) is 50.7 Å². The van der Waals surface area contributed by atoms with Gasteiger partial charge < -0.3 is 10.2 Å². The van der Waals surface area contributed by atoms with Crippen LogP contribution in [0.15, 0.2) is 41.6 Å². The Morgan fingerprint density at radius 3 is 2.46 bits per heavy atom. The molecule has 1 N–H and O–H groups in total. The van der Waals surface area contributed by atoms with E-state index >= 15 is 0 Å². The van der Waals surface area contributed by atoms with E-state index in [0.717, 1.165) is 5.56 Å². The van der Waals surface area contributed by atoms with Gasteiger partial charge in [0.1, 0.15) is 0 Å². The van der Waals surface area contributed by atoms with E-state index in [1.165, 1.54) is 0 Å². The molecule has 0 aliphatic carbocycles. The van der Waals surface area contributed by atoms with Crippen molar-refractivity contribution in [3.05, 3.63) is 67.6 Å². The second-order valence-corrected chi connectivity index (χ2v) is 7.42. The highest BCUT2D eigenvalue weighted by atomic mass is 35.5. The van der Waals surface area contributed by atoms with Crippen LogP contribution in [0.1, 0.15) is 17.5 Å². The van der Waals surface area contributed by atoms with E-state index < -0.39 is 6.10 Å². The summed E-state index contributed by atoms with van der Waals surface area (Å²) in [5.41, 5.74) is 2.24. The zero-order valence-corrected chi connectivity index (χ0v) is 16.5. The zero-order valence-electron chi connectivity index (χ0n) is 13.4. The van der Waals surface area contributed by atoms with Crippen molar-refractivity contribution in [3.8, 4) is 0 Å². The molecule has 0 saturated heterocycles. The third kappa shape index (κ3) is 4.63. The molecule has 1 atom stereocenters. The lowest BCUT2D eigenvalue weighted by Crippen LogP contribution is -2.36. The van der Waals surface area contributed by atoms with Gasteiger partial charge in [0.25, 0.3) is 5.91 Å². The van der Waals surface area contributed by atoms with E-state index in [1.807, 2.05) is 6.07 Å². The molecular formula is C18H14Cl4N2O2. The number of carbonyl (C=O) groups excluding carboxylic acids is 1. The number of nitrogens with one attached hydrogen (secondary N) is 1. The summed E-state index contributed by atoms with van der Waals surface area (Å²) < 4.78 is 0. The van der Waals surface area contributed by atoms with E-state index in [2.05, 4.69) is 10.5 Å². The van der Waals surface area contributed by atoms with Crippen LogP contribution < -0.4 is 5.32 Å². The van der Waals surface area contributed by atoms with Gasteiger partial charge in [0.15, 0.2) is 0 Å². The highest BCUT2D eigenvalue weighted by Crippen LogP contribution is 2.26. The Hall–Kier alpha value is -1.46. The molecular weight excluding hydrogens is 418 g/mol. The molecule has 4 nitrogen and oxygen atoms in total. The molecule has 2 aromatic rings. The van der Waals surface area contributed by atoms with Crippen LogP contribution in [-0.4, -0.2) is 24.3 Å². The quantitative estimate of drug-likeness (QED) is 0.711. The molecule has 1 unspecified atom stereocenters. The summed E-state index contributed by atoms with van der Waals surface area (Å²) in [4.78, 5) is 17.5. The summed E-state index contributed by atoms with van der Waals surface area (Å²) in [6.45, 7) is 0.428. The molecule has 0 fully saturated rings. The molecule has 0 spiro atoms. The summed E-state index contributed by atoms with van der Waals surface area (Å²) >= 11 is 24.1. The van der Waals surface area contributed by atoms with Gasteiger partial charge in [-0.15, -0.1) is 0 Å². The Morgan fingerprint density at radius 1 is 1.08 bits per heavy atom. The van der Waals surface area contributed by atoms with E-state index in [0.29, 0.717) is 50.8 Å². The van der Waals surface area contributed by atoms with Crippen molar-refractivity contribution in [1.29, 1.82) is 0 Å². The van der Waals surface area contributed by atoms with Gasteiger partial charge in [-0.25, -0.2) is 0 Å². The van der Waals surface area contributed by atoms with Gasteiger partial charge >= 0.3 is 0 Å². The lowest BCUT2D eigenvalue weighted by atomic mass is 10.0. The second-order valence-electron chi connectivity index (χ2n) is 5.74. The van der Waals surface area contributed by atoms with Gasteiger partial charge in [-0.3, -0.25) is 4.79 Å². The maximum absolute atomic E-state index is 12.3. The van der Waals surface area contributed by atoms with E-state index in [-0.39, 0.29) is 5.91 Å². The van der Waals surface area contributed by atoms with Gasteiger partial charge in [0.2, 0.25) is 6.10 Å². The molecule has 136 valence electrons. The summed E-state index contributed by atoms with van der Waals surface area (Å²) in [7, 11) is 0. The van der Waals surface area contributed by atoms with Gasteiger partial charge in [0, 0.05) is 33.6 Å². The highest BCUT2D eigenvalue weighted by molar-refractivity contribution is 6.37. The van der Waals surface area contributed by atoms with Crippen LogP contribution in [0.25, 0.3) is 0 Å². The Labute approximate surface area is 171 Å². The number of halogens is 4. The molecule has 1 aliphatic rings. The number of hydrogen-bond donors (Lipinski definition) is 1. The normalized spacial score (nSPS) is 16.2. The number of amides is 1. The lowest BCUT2D eigenvalue weighted by Gasteiger charge is -2.10. The third-order valence-corrected chi connectivity index (χ3v) is 5.05. The summed E-state index contributed by atoms with van der Waals surface area (Å²) in [6, 6.07) is 10.4. The maximum Gasteiger partial charge on any atom is 0.264 e. The van der Waals surface area contributed by atoms with E-state index in [4.69, 9.17) is 51.2 Å². The SMILES string of the molecule is O=C(NCCc1ccc(Cl)cc1Cl)C1CC(c2ccc(Cl)cc2Cl)=NO1. The van der Waals surface area contributed by atoms with Crippen molar-refractivity contribution in [3.63, 3.8) is 0 Å². The minimum atomic E-state index is -0.683. The third-order valence-electron chi connectivity index (χ3n) is 3.91. The Balaban J connectivity index is 1.52. The first-order chi connectivity index (χ1) is 12.4. The second kappa shape index (κ2) is 8.49. The average molecular weight is 432 g/mol. The van der Waals surface area contributed by atoms with Crippen molar-refractivity contribution >= 4 is 58.0 Å². The summed E-state index contributed by atoms with van der Waals surface area (Å²) in [6.07, 6.45) is 0.248. The molecule has 0 saturated carbocycles. The average Bonchev–Trinajstić information content (AvgIpc) is 3.06. The first-order valence-electron chi connectivity index (χ1n) is 7.84. The van der Waals surface area contributed by atoms with Crippen LogP contribution in [0.2, 0.25) is 20.1 Å². The molecule has 1 aliphatic heterocycles. The van der Waals surface area contributed by atoms with Crippen molar-refractivity contribution in [2.45, 2.75) is 18.9 Å². The van der Waals surface area contributed by atoms with Crippen LogP contribution >= 0.6 is 46.4 Å². The fourth-order valence-corrected chi connectivity index (χ4v) is 3.58. The summed E-state index contributed by atoms with van der Waals surface area (Å²) in [5.74, 6) is -0.237. The Morgan fingerprint density at radius 2 is 1.77 bits per heavy atom. The highest BCUT2D eigenvalue weighted by Gasteiger charge is 2.29. The first-order valence-corrected chi connectivity index (χ1v) is 9.35. The molecule has 0 aromatic heterocycles. The molecule has 26 heavy (non-hydrogen) atoms. The Bertz CT molecular complexity index is 870. The van der Waals surface area contributed by atoms with E-state index in [1.54, 1.807) is 30.3 Å². The molecule has 0 radical (unpaired) electrons. The predicted octanol–water partition coefficient (Wildman–Crippen LogP) is 5.15. The predicted molar refractivity (Wildman–Crippen MR) is 106 cm³/mol. The molecule has 2 aromatic carbocycles. The maximum atomic E-state index is 12.3. The largest absolute Gasteiger partial charge is 0.382 e. The smallest absolute Gasteiger partial charge is 0.264 e.